The van der Waals surface area contributed by atoms with E-state index in [0.29, 0.717) is 17.1 Å². The van der Waals surface area contributed by atoms with Gasteiger partial charge in [-0.1, -0.05) is 48.6 Å². The van der Waals surface area contributed by atoms with E-state index in [-0.39, 0.29) is 4.21 Å². The van der Waals surface area contributed by atoms with Gasteiger partial charge in [0.25, 0.3) is 0 Å². The molecule has 1 saturated carbocycles. The molecule has 2 aromatic carbocycles. The first-order chi connectivity index (χ1) is 10.8. The Morgan fingerprint density at radius 2 is 1.50 bits per heavy atom. The van der Waals surface area contributed by atoms with E-state index in [1.807, 2.05) is 23.5 Å². The largest absolute Gasteiger partial charge is 0.119 e. The van der Waals surface area contributed by atoms with Crippen molar-refractivity contribution < 1.29 is 0 Å². The van der Waals surface area contributed by atoms with Gasteiger partial charge in [-0.3, -0.25) is 0 Å². The van der Waals surface area contributed by atoms with Crippen LogP contribution in [0.15, 0.2) is 82.6 Å². The lowest BCUT2D eigenvalue weighted by Gasteiger charge is -2.35. The molecule has 4 atom stereocenters. The minimum absolute atomic E-state index is 0.249. The molecule has 1 fully saturated rings. The molecule has 0 N–H and O–H groups in total. The number of fused-ring (bicyclic) bond motifs is 2. The van der Waals surface area contributed by atoms with E-state index in [1.165, 1.54) is 16.2 Å². The highest BCUT2D eigenvalue weighted by Crippen LogP contribution is 2.62. The molecule has 2 aliphatic carbocycles. The van der Waals surface area contributed by atoms with Crippen molar-refractivity contribution in [3.8, 4) is 0 Å². The van der Waals surface area contributed by atoms with Crippen molar-refractivity contribution >= 4 is 35.1 Å². The van der Waals surface area contributed by atoms with Crippen LogP contribution in [0.2, 0.25) is 0 Å². The van der Waals surface area contributed by atoms with E-state index in [4.69, 9.17) is 11.6 Å². The summed E-state index contributed by atoms with van der Waals surface area (Å²) in [6.07, 6.45) is 5.89. The zero-order valence-electron chi connectivity index (χ0n) is 12.1. The van der Waals surface area contributed by atoms with Gasteiger partial charge in [0.05, 0.1) is 0 Å². The number of benzene rings is 2. The van der Waals surface area contributed by atoms with E-state index in [9.17, 15) is 0 Å². The van der Waals surface area contributed by atoms with Gasteiger partial charge in [0.2, 0.25) is 0 Å². The van der Waals surface area contributed by atoms with E-state index in [2.05, 4.69) is 72.8 Å². The van der Waals surface area contributed by atoms with Gasteiger partial charge in [0, 0.05) is 21.0 Å². The molecule has 0 radical (unpaired) electrons. The zero-order chi connectivity index (χ0) is 15.0. The van der Waals surface area contributed by atoms with Crippen LogP contribution in [0.3, 0.4) is 0 Å². The molecule has 2 unspecified atom stereocenters. The molecule has 2 aromatic rings. The summed E-state index contributed by atoms with van der Waals surface area (Å²) < 4.78 is -0.249. The number of halogens is 1. The molecule has 112 valence electrons. The second-order valence-corrected chi connectivity index (χ2v) is 9.27. The lowest BCUT2D eigenvalue weighted by molar-refractivity contribution is 0.669. The Kier molecular flexibility index (Phi) is 4.02. The Bertz CT molecular complexity index is 670. The Morgan fingerprint density at radius 1 is 0.864 bits per heavy atom. The van der Waals surface area contributed by atoms with Gasteiger partial charge in [-0.05, 0) is 36.6 Å². The van der Waals surface area contributed by atoms with Crippen LogP contribution in [0.1, 0.15) is 6.42 Å². The van der Waals surface area contributed by atoms with Gasteiger partial charge in [0.1, 0.15) is 4.21 Å². The van der Waals surface area contributed by atoms with Crippen molar-refractivity contribution in [3.63, 3.8) is 0 Å². The third-order valence-corrected chi connectivity index (χ3v) is 8.35. The van der Waals surface area contributed by atoms with Crippen LogP contribution in [0.4, 0.5) is 0 Å². The molecule has 4 rings (SSSR count). The van der Waals surface area contributed by atoms with E-state index in [1.54, 1.807) is 0 Å². The van der Waals surface area contributed by atoms with Crippen LogP contribution in [0.25, 0.3) is 0 Å². The maximum Gasteiger partial charge on any atom is 0.113 e. The van der Waals surface area contributed by atoms with Gasteiger partial charge < -0.3 is 0 Å². The van der Waals surface area contributed by atoms with Crippen LogP contribution in [0.5, 0.6) is 0 Å². The normalized spacial score (nSPS) is 32.5. The highest BCUT2D eigenvalue weighted by molar-refractivity contribution is 8.05. The molecule has 2 bridgehead atoms. The lowest BCUT2D eigenvalue weighted by atomic mass is 10.1. The van der Waals surface area contributed by atoms with Crippen LogP contribution in [0, 0.1) is 11.8 Å². The molecule has 0 heterocycles. The number of hydrogen-bond donors (Lipinski definition) is 0. The van der Waals surface area contributed by atoms with Crippen LogP contribution < -0.4 is 0 Å². The summed E-state index contributed by atoms with van der Waals surface area (Å²) in [6.45, 7) is 0. The van der Waals surface area contributed by atoms with Crippen LogP contribution in [-0.4, -0.2) is 9.46 Å². The molecular formula is C19H17ClS2. The summed E-state index contributed by atoms with van der Waals surface area (Å²) in [5.74, 6) is 1.05. The van der Waals surface area contributed by atoms with Crippen molar-refractivity contribution in [3.05, 3.63) is 72.8 Å². The zero-order valence-corrected chi connectivity index (χ0v) is 14.5. The van der Waals surface area contributed by atoms with Crippen molar-refractivity contribution in [2.75, 3.05) is 0 Å². The van der Waals surface area contributed by atoms with Crippen molar-refractivity contribution in [2.45, 2.75) is 25.7 Å². The maximum atomic E-state index is 7.21. The standard InChI is InChI=1S/C19H17ClS2/c20-19(22-17-9-5-2-6-10-17)15-12-11-14(13-15)18(19)21-16-7-3-1-4-8-16/h1-12,14-15,18H,13H2/t14-,15+,18?,19?/m1/s1. The van der Waals surface area contributed by atoms with Crippen molar-refractivity contribution in [1.82, 2.24) is 0 Å². The predicted molar refractivity (Wildman–Crippen MR) is 97.7 cm³/mol. The van der Waals surface area contributed by atoms with Gasteiger partial charge >= 0.3 is 0 Å². The average molecular weight is 345 g/mol. The third-order valence-electron chi connectivity index (χ3n) is 4.42. The fraction of sp³-hybridized carbons (Fsp3) is 0.263. The lowest BCUT2D eigenvalue weighted by Crippen LogP contribution is -2.35. The second-order valence-electron chi connectivity index (χ2n) is 5.86. The SMILES string of the molecule is ClC1(Sc2ccccc2)C(Sc2ccccc2)[C@@H]2C=C[C@H]1C2. The first-order valence-electron chi connectivity index (χ1n) is 7.59. The maximum absolute atomic E-state index is 7.21. The number of allylic oxidation sites excluding steroid dienone is 2. The molecule has 0 aliphatic heterocycles. The summed E-state index contributed by atoms with van der Waals surface area (Å²) in [6, 6.07) is 21.2. The molecule has 2 aliphatic rings. The van der Waals surface area contributed by atoms with Gasteiger partial charge in [-0.15, -0.1) is 35.1 Å². The topological polar surface area (TPSA) is 0 Å². The highest BCUT2D eigenvalue weighted by atomic mass is 35.5. The Balaban J connectivity index is 1.62. The molecule has 0 amide bonds. The molecule has 0 nitrogen and oxygen atoms in total. The van der Waals surface area contributed by atoms with Crippen LogP contribution >= 0.6 is 35.1 Å². The fourth-order valence-electron chi connectivity index (χ4n) is 3.36. The van der Waals surface area contributed by atoms with Gasteiger partial charge in [-0.25, -0.2) is 0 Å². The van der Waals surface area contributed by atoms with Crippen molar-refractivity contribution in [1.29, 1.82) is 0 Å². The number of thioether (sulfide) groups is 2. The molecule has 0 aromatic heterocycles. The number of hydrogen-bond acceptors (Lipinski definition) is 2. The van der Waals surface area contributed by atoms with Crippen LogP contribution in [-0.2, 0) is 0 Å². The molecule has 0 spiro atoms. The Morgan fingerprint density at radius 3 is 2.18 bits per heavy atom. The molecule has 22 heavy (non-hydrogen) atoms. The number of rotatable bonds is 4. The molecule has 3 heteroatoms. The van der Waals surface area contributed by atoms with Gasteiger partial charge in [0.15, 0.2) is 0 Å². The monoisotopic (exact) mass is 344 g/mol. The Labute approximate surface area is 145 Å². The Hall–Kier alpha value is -0.830. The minimum Gasteiger partial charge on any atom is -0.119 e. The second kappa shape index (κ2) is 5.99. The average Bonchev–Trinajstić information content (AvgIpc) is 3.12. The number of alkyl halides is 1. The van der Waals surface area contributed by atoms with Crippen molar-refractivity contribution in [2.24, 2.45) is 11.8 Å². The smallest absolute Gasteiger partial charge is 0.113 e. The fourth-order valence-corrected chi connectivity index (χ4v) is 6.97. The van der Waals surface area contributed by atoms with E-state index < -0.39 is 0 Å². The van der Waals surface area contributed by atoms with E-state index >= 15 is 0 Å². The molecular weight excluding hydrogens is 328 g/mol. The predicted octanol–water partition coefficient (Wildman–Crippen LogP) is 6.08. The highest BCUT2D eigenvalue weighted by Gasteiger charge is 2.56. The summed E-state index contributed by atoms with van der Waals surface area (Å²) in [7, 11) is 0. The summed E-state index contributed by atoms with van der Waals surface area (Å²) in [4.78, 5) is 2.57. The van der Waals surface area contributed by atoms with E-state index in [0.717, 1.165) is 0 Å². The quantitative estimate of drug-likeness (QED) is 0.487. The van der Waals surface area contributed by atoms with Gasteiger partial charge in [-0.2, -0.15) is 0 Å². The minimum atomic E-state index is -0.249. The third kappa shape index (κ3) is 2.62. The first kappa shape index (κ1) is 14.7. The first-order valence-corrected chi connectivity index (χ1v) is 9.66. The molecule has 0 saturated heterocycles. The summed E-state index contributed by atoms with van der Waals surface area (Å²) in [5, 5.41) is 0.414. The summed E-state index contributed by atoms with van der Waals surface area (Å²) in [5.41, 5.74) is 0. The summed E-state index contributed by atoms with van der Waals surface area (Å²) >= 11 is 11.0.